The Morgan fingerprint density at radius 2 is 2.12 bits per heavy atom. The van der Waals surface area contributed by atoms with Gasteiger partial charge in [-0.25, -0.2) is 14.7 Å². The molecule has 0 spiro atoms. The van der Waals surface area contributed by atoms with E-state index in [0.717, 1.165) is 23.1 Å². The second kappa shape index (κ2) is 8.62. The minimum absolute atomic E-state index is 0.0270. The summed E-state index contributed by atoms with van der Waals surface area (Å²) in [5, 5.41) is 8.70. The van der Waals surface area contributed by atoms with Gasteiger partial charge >= 0.3 is 11.7 Å². The first-order valence-electron chi connectivity index (χ1n) is 7.36. The Morgan fingerprint density at radius 3 is 2.76 bits per heavy atom. The van der Waals surface area contributed by atoms with Crippen LogP contribution >= 0.6 is 23.1 Å². The van der Waals surface area contributed by atoms with Gasteiger partial charge in [0.15, 0.2) is 5.03 Å². The molecule has 0 unspecified atom stereocenters. The average Bonchev–Trinajstić information content (AvgIpc) is 2.97. The molecule has 0 saturated carbocycles. The molecule has 134 valence electrons. The second-order valence-corrected chi connectivity index (χ2v) is 6.78. The minimum Gasteiger partial charge on any atom is -0.462 e. The van der Waals surface area contributed by atoms with Crippen molar-refractivity contribution < 1.29 is 14.3 Å². The molecular weight excluding hydrogens is 368 g/mol. The number of ether oxygens (including phenoxy) is 1. The van der Waals surface area contributed by atoms with Crippen LogP contribution in [0.25, 0.3) is 0 Å². The minimum atomic E-state index is -0.719. The lowest BCUT2D eigenvalue weighted by Crippen LogP contribution is -2.25. The van der Waals surface area contributed by atoms with Crippen molar-refractivity contribution in [3.63, 3.8) is 0 Å². The van der Waals surface area contributed by atoms with E-state index >= 15 is 0 Å². The standard InChI is InChI=1S/C14H16N4O5S2/c1-3-7-5-8(13(21)23-4-2)11(25-7)15-9(19)6-24-12-10(20)16-14(22)18-17-12/h5H,3-4,6H2,1-2H3,(H,15,19)(H2,16,18,20,22). The lowest BCUT2D eigenvalue weighted by Gasteiger charge is -2.05. The molecule has 0 aliphatic rings. The van der Waals surface area contributed by atoms with Crippen LogP contribution in [-0.2, 0) is 16.0 Å². The van der Waals surface area contributed by atoms with Gasteiger partial charge in [0, 0.05) is 4.88 Å². The summed E-state index contributed by atoms with van der Waals surface area (Å²) in [6.07, 6.45) is 0.721. The van der Waals surface area contributed by atoms with E-state index in [1.165, 1.54) is 11.3 Å². The van der Waals surface area contributed by atoms with Crippen molar-refractivity contribution in [3.8, 4) is 0 Å². The molecule has 0 bridgehead atoms. The number of rotatable bonds is 7. The van der Waals surface area contributed by atoms with Gasteiger partial charge in [-0.3, -0.25) is 14.6 Å². The van der Waals surface area contributed by atoms with Crippen LogP contribution in [0.1, 0.15) is 29.1 Å². The van der Waals surface area contributed by atoms with Crippen LogP contribution in [0.4, 0.5) is 5.00 Å². The molecule has 0 radical (unpaired) electrons. The molecule has 2 aromatic rings. The fourth-order valence-corrected chi connectivity index (χ4v) is 3.43. The van der Waals surface area contributed by atoms with Crippen LogP contribution in [0, 0.1) is 0 Å². The van der Waals surface area contributed by atoms with Gasteiger partial charge in [0.1, 0.15) is 5.00 Å². The molecular formula is C14H16N4O5S2. The third-order valence-corrected chi connectivity index (χ3v) is 5.05. The number of thioether (sulfide) groups is 1. The van der Waals surface area contributed by atoms with Crippen molar-refractivity contribution in [2.75, 3.05) is 17.7 Å². The Kier molecular flexibility index (Phi) is 6.53. The van der Waals surface area contributed by atoms with Crippen molar-refractivity contribution in [2.24, 2.45) is 0 Å². The monoisotopic (exact) mass is 384 g/mol. The summed E-state index contributed by atoms with van der Waals surface area (Å²) in [6.45, 7) is 3.88. The average molecular weight is 384 g/mol. The van der Waals surface area contributed by atoms with Crippen LogP contribution in [0.2, 0.25) is 0 Å². The topological polar surface area (TPSA) is 134 Å². The van der Waals surface area contributed by atoms with Crippen LogP contribution in [-0.4, -0.2) is 39.4 Å². The van der Waals surface area contributed by atoms with Crippen molar-refractivity contribution >= 4 is 40.0 Å². The normalized spacial score (nSPS) is 10.5. The first kappa shape index (κ1) is 18.9. The number of aryl methyl sites for hydroxylation is 1. The summed E-state index contributed by atoms with van der Waals surface area (Å²) in [4.78, 5) is 49.5. The van der Waals surface area contributed by atoms with Gasteiger partial charge in [-0.2, -0.15) is 5.10 Å². The Hall–Kier alpha value is -2.40. The SMILES string of the molecule is CCOC(=O)c1cc(CC)sc1NC(=O)CSc1n[nH]c(=O)[nH]c1=O. The summed E-state index contributed by atoms with van der Waals surface area (Å²) >= 11 is 2.17. The molecule has 1 amide bonds. The number of anilines is 1. The summed E-state index contributed by atoms with van der Waals surface area (Å²) in [5.41, 5.74) is -1.08. The fraction of sp³-hybridized carbons (Fsp3) is 0.357. The van der Waals surface area contributed by atoms with Gasteiger partial charge in [0.05, 0.1) is 17.9 Å². The van der Waals surface area contributed by atoms with Crippen molar-refractivity contribution in [1.29, 1.82) is 0 Å². The highest BCUT2D eigenvalue weighted by atomic mass is 32.2. The number of nitrogens with one attached hydrogen (secondary N) is 3. The number of thiophene rings is 1. The first-order chi connectivity index (χ1) is 11.9. The molecule has 11 heteroatoms. The molecule has 2 heterocycles. The van der Waals surface area contributed by atoms with E-state index < -0.39 is 23.1 Å². The number of hydrogen-bond acceptors (Lipinski definition) is 8. The quantitative estimate of drug-likeness (QED) is 0.479. The number of aromatic nitrogens is 3. The number of hydrogen-bond donors (Lipinski definition) is 3. The number of nitrogens with zero attached hydrogens (tertiary/aromatic N) is 1. The Labute approximate surface area is 150 Å². The zero-order valence-electron chi connectivity index (χ0n) is 13.5. The number of carbonyl (C=O) groups is 2. The second-order valence-electron chi connectivity index (χ2n) is 4.68. The molecule has 25 heavy (non-hydrogen) atoms. The molecule has 2 rings (SSSR count). The highest BCUT2D eigenvalue weighted by Crippen LogP contribution is 2.29. The van der Waals surface area contributed by atoms with E-state index in [9.17, 15) is 19.2 Å². The molecule has 0 aliphatic carbocycles. The highest BCUT2D eigenvalue weighted by molar-refractivity contribution is 7.99. The van der Waals surface area contributed by atoms with Gasteiger partial charge in [0.2, 0.25) is 5.91 Å². The van der Waals surface area contributed by atoms with Crippen LogP contribution in [0.15, 0.2) is 20.7 Å². The van der Waals surface area contributed by atoms with E-state index in [1.807, 2.05) is 11.9 Å². The smallest absolute Gasteiger partial charge is 0.342 e. The molecule has 0 atom stereocenters. The molecule has 0 fully saturated rings. The van der Waals surface area contributed by atoms with Crippen molar-refractivity contribution in [3.05, 3.63) is 37.3 Å². The van der Waals surface area contributed by atoms with E-state index in [2.05, 4.69) is 15.5 Å². The maximum atomic E-state index is 12.1. The van der Waals surface area contributed by atoms with E-state index in [0.29, 0.717) is 10.6 Å². The summed E-state index contributed by atoms with van der Waals surface area (Å²) in [7, 11) is 0. The summed E-state index contributed by atoms with van der Waals surface area (Å²) < 4.78 is 4.99. The third kappa shape index (κ3) is 5.03. The van der Waals surface area contributed by atoms with E-state index in [4.69, 9.17) is 4.74 Å². The van der Waals surface area contributed by atoms with Gasteiger partial charge < -0.3 is 10.1 Å². The number of aromatic amines is 2. The summed E-state index contributed by atoms with van der Waals surface area (Å²) in [5.74, 6) is -1.02. The largest absolute Gasteiger partial charge is 0.462 e. The van der Waals surface area contributed by atoms with Crippen LogP contribution in [0.3, 0.4) is 0 Å². The molecule has 2 aromatic heterocycles. The van der Waals surface area contributed by atoms with Gasteiger partial charge in [-0.05, 0) is 19.4 Å². The lowest BCUT2D eigenvalue weighted by atomic mass is 10.2. The van der Waals surface area contributed by atoms with Crippen molar-refractivity contribution in [1.82, 2.24) is 15.2 Å². The van der Waals surface area contributed by atoms with Gasteiger partial charge in [-0.1, -0.05) is 18.7 Å². The first-order valence-corrected chi connectivity index (χ1v) is 9.16. The molecule has 0 aromatic carbocycles. The summed E-state index contributed by atoms with van der Waals surface area (Å²) in [6, 6.07) is 1.69. The fourth-order valence-electron chi connectivity index (χ4n) is 1.80. The molecule has 3 N–H and O–H groups in total. The van der Waals surface area contributed by atoms with E-state index in [-0.39, 0.29) is 17.4 Å². The maximum Gasteiger partial charge on any atom is 0.342 e. The Balaban J connectivity index is 2.07. The molecule has 0 aliphatic heterocycles. The number of amides is 1. The van der Waals surface area contributed by atoms with Crippen molar-refractivity contribution in [2.45, 2.75) is 25.3 Å². The number of esters is 1. The lowest BCUT2D eigenvalue weighted by molar-refractivity contribution is -0.113. The highest BCUT2D eigenvalue weighted by Gasteiger charge is 2.19. The zero-order chi connectivity index (χ0) is 18.4. The maximum absolute atomic E-state index is 12.1. The van der Waals surface area contributed by atoms with E-state index in [1.54, 1.807) is 13.0 Å². The van der Waals surface area contributed by atoms with Crippen LogP contribution < -0.4 is 16.6 Å². The number of H-pyrrole nitrogens is 2. The number of carbonyl (C=O) groups excluding carboxylic acids is 2. The predicted octanol–water partition coefficient (Wildman–Crippen LogP) is 0.990. The predicted molar refractivity (Wildman–Crippen MR) is 94.5 cm³/mol. The van der Waals surface area contributed by atoms with Gasteiger partial charge in [-0.15, -0.1) is 11.3 Å². The molecule has 9 nitrogen and oxygen atoms in total. The zero-order valence-corrected chi connectivity index (χ0v) is 15.1. The Bertz CT molecular complexity index is 886. The third-order valence-electron chi connectivity index (χ3n) is 2.90. The Morgan fingerprint density at radius 1 is 1.36 bits per heavy atom. The van der Waals surface area contributed by atoms with Crippen LogP contribution in [0.5, 0.6) is 0 Å². The van der Waals surface area contributed by atoms with Gasteiger partial charge in [0.25, 0.3) is 5.56 Å². The molecule has 0 saturated heterocycles.